The van der Waals surface area contributed by atoms with E-state index in [4.69, 9.17) is 42.5 Å². The lowest BCUT2D eigenvalue weighted by molar-refractivity contribution is -0.203. The van der Waals surface area contributed by atoms with Crippen molar-refractivity contribution in [2.75, 3.05) is 79.5 Å². The Morgan fingerprint density at radius 3 is 2.51 bits per heavy atom. The highest BCUT2D eigenvalue weighted by molar-refractivity contribution is 7.10. The molecule has 11 heterocycles. The molecule has 17 nitrogen and oxygen atoms in total. The SMILES string of the molecule is [2H]C([2H])([2H])C12CC(C(=O)N[C@@H]3C(=O)N4CCC[C@H](N4)C(=O)OCC(C)(C)Cc4c(-c5cc(C6CCN(C7CC7)CC6)cnc5[C@H](C)OC)n(CCOC5CCOCC5)c5ccc(cc45)-c4csc(n4)[C@H]3N3CC4(COC4)C3)(C1)O[C@H]2C. The van der Waals surface area contributed by atoms with Gasteiger partial charge >= 0.3 is 5.97 Å². The molecule has 1 spiro atoms. The predicted octanol–water partition coefficient (Wildman–Crippen LogP) is 7.51. The Labute approximate surface area is 466 Å². The maximum atomic E-state index is 15.5. The number of hydrazine groups is 1. The van der Waals surface area contributed by atoms with Crippen molar-refractivity contribution in [1.82, 2.24) is 40.1 Å². The van der Waals surface area contributed by atoms with Crippen molar-refractivity contribution in [3.05, 3.63) is 57.7 Å². The van der Waals surface area contributed by atoms with Gasteiger partial charge in [0, 0.05) is 107 Å². The van der Waals surface area contributed by atoms with Crippen molar-refractivity contribution in [2.24, 2.45) is 16.2 Å². The van der Waals surface area contributed by atoms with E-state index < -0.39 is 65.3 Å². The van der Waals surface area contributed by atoms with Crippen LogP contribution in [0.25, 0.3) is 33.4 Å². The number of pyridine rings is 1. The van der Waals surface area contributed by atoms with Crippen LogP contribution in [-0.2, 0) is 55.8 Å². The Bertz CT molecular complexity index is 3040. The maximum absolute atomic E-state index is 15.5. The highest BCUT2D eigenvalue weighted by Gasteiger charge is 2.68. The van der Waals surface area contributed by atoms with Gasteiger partial charge in [-0.15, -0.1) is 11.3 Å². The van der Waals surface area contributed by atoms with Crippen LogP contribution in [0.1, 0.15) is 143 Å². The van der Waals surface area contributed by atoms with E-state index in [9.17, 15) is 9.59 Å². The minimum Gasteiger partial charge on any atom is -0.464 e. The number of amides is 2. The average molecular weight is 1090 g/mol. The van der Waals surface area contributed by atoms with E-state index in [0.717, 1.165) is 89.5 Å². The van der Waals surface area contributed by atoms with E-state index in [0.29, 0.717) is 82.9 Å². The number of rotatable bonds is 12. The van der Waals surface area contributed by atoms with Gasteiger partial charge in [0.2, 0.25) is 0 Å². The Morgan fingerprint density at radius 2 is 1.79 bits per heavy atom. The van der Waals surface area contributed by atoms with E-state index in [1.54, 1.807) is 14.0 Å². The van der Waals surface area contributed by atoms with E-state index in [-0.39, 0.29) is 43.6 Å². The molecule has 2 amide bonds. The monoisotopic (exact) mass is 1090 g/mol. The molecule has 3 aromatic heterocycles. The summed E-state index contributed by atoms with van der Waals surface area (Å²) in [6, 6.07) is 6.94. The number of benzene rings is 1. The molecule has 9 fully saturated rings. The van der Waals surface area contributed by atoms with Gasteiger partial charge in [-0.1, -0.05) is 26.8 Å². The van der Waals surface area contributed by atoms with Crippen LogP contribution in [0, 0.1) is 16.2 Å². The van der Waals surface area contributed by atoms with E-state index in [1.807, 2.05) is 5.38 Å². The fourth-order valence-corrected chi connectivity index (χ4v) is 15.2. The van der Waals surface area contributed by atoms with Crippen molar-refractivity contribution in [2.45, 2.75) is 166 Å². The number of esters is 1. The van der Waals surface area contributed by atoms with Crippen molar-refractivity contribution in [1.29, 1.82) is 0 Å². The van der Waals surface area contributed by atoms with Crippen LogP contribution in [-0.4, -0.2) is 163 Å². The minimum absolute atomic E-state index is 0.0259. The molecule has 8 aliphatic heterocycles. The van der Waals surface area contributed by atoms with E-state index in [1.165, 1.54) is 34.8 Å². The fourth-order valence-electron chi connectivity index (χ4n) is 14.2. The molecule has 0 radical (unpaired) electrons. The average Bonchev–Trinajstić information content (AvgIpc) is 1.97. The number of ether oxygens (including phenoxy) is 6. The van der Waals surface area contributed by atoms with Gasteiger partial charge in [-0.25, -0.2) is 10.4 Å². The first-order valence-electron chi connectivity index (χ1n) is 30.5. The van der Waals surface area contributed by atoms with Gasteiger partial charge in [-0.05, 0) is 133 Å². The summed E-state index contributed by atoms with van der Waals surface area (Å²) in [4.78, 5) is 60.5. The molecule has 5 atom stereocenters. The molecule has 78 heavy (non-hydrogen) atoms. The van der Waals surface area contributed by atoms with Crippen molar-refractivity contribution in [3.8, 4) is 22.5 Å². The molecule has 14 rings (SSSR count). The number of methoxy groups -OCH3 is 1. The molecule has 2 N–H and O–H groups in total. The topological polar surface area (TPSA) is 171 Å². The molecule has 2 aliphatic carbocycles. The first-order chi connectivity index (χ1) is 38.9. The van der Waals surface area contributed by atoms with Crippen LogP contribution in [0.5, 0.6) is 0 Å². The van der Waals surface area contributed by atoms with Crippen LogP contribution >= 0.6 is 11.3 Å². The number of carbonyl (C=O) groups excluding carboxylic acids is 3. The second-order valence-electron chi connectivity index (χ2n) is 25.4. The summed E-state index contributed by atoms with van der Waals surface area (Å²) in [6.45, 7) is 13.2. The molecular formula is C60H80N8O9S. The number of hydrogen-bond acceptors (Lipinski definition) is 15. The van der Waals surface area contributed by atoms with Crippen LogP contribution in [0.15, 0.2) is 35.8 Å². The van der Waals surface area contributed by atoms with Crippen LogP contribution < -0.4 is 10.7 Å². The van der Waals surface area contributed by atoms with Crippen LogP contribution in [0.3, 0.4) is 0 Å². The molecule has 1 aromatic carbocycles. The summed E-state index contributed by atoms with van der Waals surface area (Å²) in [7, 11) is 1.74. The number of likely N-dealkylation sites (tertiary alicyclic amines) is 2. The van der Waals surface area contributed by atoms with Gasteiger partial charge in [0.05, 0.1) is 67.9 Å². The Balaban J connectivity index is 0.942. The number of fused-ring (bicyclic) bond motifs is 7. The molecule has 10 aliphatic rings. The van der Waals surface area contributed by atoms with Gasteiger partial charge in [0.15, 0.2) is 0 Å². The number of nitrogens with one attached hydrogen (secondary N) is 2. The quantitative estimate of drug-likeness (QED) is 0.134. The maximum Gasteiger partial charge on any atom is 0.324 e. The summed E-state index contributed by atoms with van der Waals surface area (Å²) in [6.07, 6.45) is 9.20. The van der Waals surface area contributed by atoms with Crippen molar-refractivity contribution >= 4 is 40.0 Å². The molecule has 0 unspecified atom stereocenters. The zero-order valence-corrected chi connectivity index (χ0v) is 46.9. The summed E-state index contributed by atoms with van der Waals surface area (Å²) in [5.41, 5.74) is 7.96. The smallest absolute Gasteiger partial charge is 0.324 e. The third-order valence-corrected chi connectivity index (χ3v) is 19.9. The van der Waals surface area contributed by atoms with Gasteiger partial charge < -0.3 is 43.2 Å². The van der Waals surface area contributed by atoms with Gasteiger partial charge in [-0.3, -0.25) is 29.3 Å². The number of nitrogens with zero attached hydrogens (tertiary/aromatic N) is 6. The fraction of sp³-hybridized carbons (Fsp3) is 0.683. The van der Waals surface area contributed by atoms with Crippen LogP contribution in [0.4, 0.5) is 0 Å². The first kappa shape index (κ1) is 49.4. The van der Waals surface area contributed by atoms with Crippen LogP contribution in [0.2, 0.25) is 0 Å². The number of carbonyl (C=O) groups is 3. The highest BCUT2D eigenvalue weighted by atomic mass is 32.1. The first-order valence-corrected chi connectivity index (χ1v) is 29.9. The number of hydrogen-bond donors (Lipinski definition) is 2. The van der Waals surface area contributed by atoms with Gasteiger partial charge in [-0.2, -0.15) is 0 Å². The number of thiazole rings is 1. The second-order valence-corrected chi connectivity index (χ2v) is 26.3. The summed E-state index contributed by atoms with van der Waals surface area (Å²) >= 11 is 1.45. The standard InChI is InChI=1S/C60H80N8O9S/c1-36(72-6)49-44(25-40(27-61-49)38-13-18-65(19-14-38)41-10-11-41)51-45-26-57(3,4)33-76-55(70)46-8-7-17-68(64-46)54(69)50(63-56(71)60-29-58(5,30-60)37(2)77-60)52(66-31-59(32-66)34-74-35-59)53-62-47(28-78-53)39-9-12-48(43(45)24-39)67(51)20-23-75-42-15-21-73-22-16-42/h9,12,24-25,27-28,36-38,41-42,46,50,52,64H,7-8,10-11,13-23,26,29-35H2,1-6H3,(H,63,71)/t36-,37-,46-,50-,52-,58?,60?/m0/s1/i5D3. The molecular weight excluding hydrogens is 1010 g/mol. The lowest BCUT2D eigenvalue weighted by Gasteiger charge is -2.58. The summed E-state index contributed by atoms with van der Waals surface area (Å²) in [5.74, 6) is -1.05. The number of aromatic nitrogens is 3. The second kappa shape index (κ2) is 20.6. The lowest BCUT2D eigenvalue weighted by atomic mass is 9.61. The predicted molar refractivity (Wildman–Crippen MR) is 294 cm³/mol. The lowest BCUT2D eigenvalue weighted by Crippen LogP contribution is -2.70. The zero-order valence-electron chi connectivity index (χ0n) is 49.1. The normalized spacial score (nSPS) is 31.8. The van der Waals surface area contributed by atoms with Gasteiger partial charge in [0.25, 0.3) is 11.8 Å². The highest BCUT2D eigenvalue weighted by Crippen LogP contribution is 2.61. The molecule has 420 valence electrons. The van der Waals surface area contributed by atoms with E-state index in [2.05, 4.69) is 76.3 Å². The molecule has 7 saturated heterocycles. The largest absolute Gasteiger partial charge is 0.464 e. The third kappa shape index (κ3) is 9.73. The molecule has 4 aromatic rings. The number of piperidine rings is 1. The third-order valence-electron chi connectivity index (χ3n) is 19.0. The van der Waals surface area contributed by atoms with E-state index >= 15 is 4.79 Å². The number of cyclic esters (lactones) is 1. The molecule has 8 bridgehead atoms. The molecule has 2 saturated carbocycles. The van der Waals surface area contributed by atoms with Crippen molar-refractivity contribution < 1.29 is 46.9 Å². The van der Waals surface area contributed by atoms with Gasteiger partial charge in [0.1, 0.15) is 22.7 Å². The Morgan fingerprint density at radius 1 is 1.00 bits per heavy atom. The minimum atomic E-state index is -2.33. The molecule has 18 heteroatoms. The summed E-state index contributed by atoms with van der Waals surface area (Å²) < 4.78 is 64.6. The zero-order chi connectivity index (χ0) is 56.2. The Kier molecular flexibility index (Phi) is 13.0. The Hall–Kier alpha value is -4.37. The summed E-state index contributed by atoms with van der Waals surface area (Å²) in [5, 5.41) is 8.38. The van der Waals surface area contributed by atoms with Crippen molar-refractivity contribution in [3.63, 3.8) is 0 Å².